The fourth-order valence-corrected chi connectivity index (χ4v) is 4.17. The Kier molecular flexibility index (Phi) is 2.86. The van der Waals surface area contributed by atoms with E-state index in [1.165, 1.54) is 6.08 Å². The molecule has 1 saturated heterocycles. The second-order valence-corrected chi connectivity index (χ2v) is 6.82. The minimum atomic E-state index is -0.0865. The molecule has 7 heteroatoms. The van der Waals surface area contributed by atoms with E-state index in [2.05, 4.69) is 11.7 Å². The summed E-state index contributed by atoms with van der Waals surface area (Å²) >= 11 is 0. The van der Waals surface area contributed by atoms with Crippen LogP contribution in [0.3, 0.4) is 0 Å². The molecule has 2 unspecified atom stereocenters. The number of aromatic nitrogens is 2. The molecule has 0 aromatic carbocycles. The third-order valence-electron chi connectivity index (χ3n) is 5.53. The van der Waals surface area contributed by atoms with Crippen LogP contribution in [-0.4, -0.2) is 57.2 Å². The molecular formula is C16H21N5O2. The Morgan fingerprint density at radius 3 is 2.96 bits per heavy atom. The summed E-state index contributed by atoms with van der Waals surface area (Å²) in [7, 11) is 3.66. The third kappa shape index (κ3) is 1.92. The van der Waals surface area contributed by atoms with Gasteiger partial charge in [0.1, 0.15) is 0 Å². The van der Waals surface area contributed by atoms with Crippen molar-refractivity contribution in [2.45, 2.75) is 24.9 Å². The molecule has 23 heavy (non-hydrogen) atoms. The summed E-state index contributed by atoms with van der Waals surface area (Å²) in [6.45, 7) is 5.58. The molecule has 2 fully saturated rings. The van der Waals surface area contributed by atoms with Crippen molar-refractivity contribution in [2.75, 3.05) is 25.0 Å². The average Bonchev–Trinajstić information content (AvgIpc) is 3.16. The van der Waals surface area contributed by atoms with E-state index >= 15 is 0 Å². The Balaban J connectivity index is 1.57. The zero-order valence-corrected chi connectivity index (χ0v) is 13.5. The number of fused-ring (bicyclic) bond motifs is 2. The second-order valence-electron chi connectivity index (χ2n) is 6.82. The van der Waals surface area contributed by atoms with Crippen molar-refractivity contribution in [2.24, 2.45) is 13.0 Å². The summed E-state index contributed by atoms with van der Waals surface area (Å²) in [6, 6.07) is 0.0159. The minimum absolute atomic E-state index is 0.0119. The lowest BCUT2D eigenvalue weighted by molar-refractivity contribution is -0.127. The summed E-state index contributed by atoms with van der Waals surface area (Å²) in [5, 5.41) is 4.38. The number of urea groups is 1. The largest absolute Gasteiger partial charge is 0.339 e. The van der Waals surface area contributed by atoms with Gasteiger partial charge in [-0.2, -0.15) is 5.10 Å². The van der Waals surface area contributed by atoms with Crippen molar-refractivity contribution >= 4 is 17.8 Å². The van der Waals surface area contributed by atoms with Crippen molar-refractivity contribution in [1.29, 1.82) is 0 Å². The standard InChI is InChI=1S/C16H21N5O2/c1-4-13(22)20-6-5-16(7-12(16)10-20)21-9-11-8-18(2)17-14(11)19(3)15(21)23/h4,8,12H,1,5-7,9-10H2,2-3H3. The highest BCUT2D eigenvalue weighted by atomic mass is 16.2. The number of aryl methyl sites for hydroxylation is 1. The van der Waals surface area contributed by atoms with Crippen LogP contribution in [0.2, 0.25) is 0 Å². The highest BCUT2D eigenvalue weighted by molar-refractivity contribution is 5.94. The Morgan fingerprint density at radius 2 is 2.26 bits per heavy atom. The van der Waals surface area contributed by atoms with Crippen molar-refractivity contribution in [3.63, 3.8) is 0 Å². The Bertz CT molecular complexity index is 711. The number of amides is 3. The van der Waals surface area contributed by atoms with Gasteiger partial charge < -0.3 is 9.80 Å². The SMILES string of the molecule is C=CC(=O)N1CCC2(N3Cc4cn(C)nc4N(C)C3=O)CC2C1. The number of carbonyl (C=O) groups is 2. The lowest BCUT2D eigenvalue weighted by Gasteiger charge is -2.42. The summed E-state index contributed by atoms with van der Waals surface area (Å²) < 4.78 is 1.76. The average molecular weight is 315 g/mol. The molecule has 2 aliphatic heterocycles. The molecule has 4 rings (SSSR count). The molecule has 1 saturated carbocycles. The number of piperidine rings is 1. The number of hydrogen-bond acceptors (Lipinski definition) is 3. The number of nitrogens with zero attached hydrogens (tertiary/aromatic N) is 5. The van der Waals surface area contributed by atoms with Gasteiger partial charge in [0, 0.05) is 44.9 Å². The molecule has 3 aliphatic rings. The topological polar surface area (TPSA) is 61.7 Å². The lowest BCUT2D eigenvalue weighted by Crippen LogP contribution is -2.55. The van der Waals surface area contributed by atoms with Gasteiger partial charge in [0.2, 0.25) is 5.91 Å². The van der Waals surface area contributed by atoms with E-state index in [9.17, 15) is 9.59 Å². The number of likely N-dealkylation sites (tertiary alicyclic amines) is 1. The Labute approximate surface area is 135 Å². The smallest absolute Gasteiger partial charge is 0.326 e. The van der Waals surface area contributed by atoms with Gasteiger partial charge in [0.25, 0.3) is 0 Å². The number of anilines is 1. The van der Waals surface area contributed by atoms with Crippen LogP contribution in [0, 0.1) is 5.92 Å². The van der Waals surface area contributed by atoms with Crippen LogP contribution in [0.25, 0.3) is 0 Å². The van der Waals surface area contributed by atoms with E-state index in [1.54, 1.807) is 16.6 Å². The van der Waals surface area contributed by atoms with Crippen molar-refractivity contribution in [3.8, 4) is 0 Å². The second kappa shape index (κ2) is 4.59. The van der Waals surface area contributed by atoms with Crippen LogP contribution < -0.4 is 4.90 Å². The predicted molar refractivity (Wildman–Crippen MR) is 84.8 cm³/mol. The normalized spacial score (nSPS) is 29.2. The molecule has 0 spiro atoms. The molecule has 1 aromatic rings. The first-order valence-electron chi connectivity index (χ1n) is 7.95. The van der Waals surface area contributed by atoms with Gasteiger partial charge in [-0.15, -0.1) is 0 Å². The number of rotatable bonds is 2. The molecule has 3 heterocycles. The van der Waals surface area contributed by atoms with Crippen LogP contribution in [-0.2, 0) is 18.4 Å². The van der Waals surface area contributed by atoms with Gasteiger partial charge >= 0.3 is 6.03 Å². The van der Waals surface area contributed by atoms with Crippen LogP contribution in [0.5, 0.6) is 0 Å². The van der Waals surface area contributed by atoms with Crippen LogP contribution in [0.4, 0.5) is 10.6 Å². The van der Waals surface area contributed by atoms with E-state index in [1.807, 2.05) is 23.0 Å². The van der Waals surface area contributed by atoms with Crippen molar-refractivity contribution in [3.05, 3.63) is 24.4 Å². The molecular weight excluding hydrogens is 294 g/mol. The fourth-order valence-electron chi connectivity index (χ4n) is 4.17. The van der Waals surface area contributed by atoms with Crippen LogP contribution in [0.15, 0.2) is 18.9 Å². The lowest BCUT2D eigenvalue weighted by atomic mass is 10.0. The molecule has 1 aliphatic carbocycles. The van der Waals surface area contributed by atoms with Gasteiger partial charge in [0.05, 0.1) is 12.1 Å². The molecule has 0 bridgehead atoms. The molecule has 2 atom stereocenters. The minimum Gasteiger partial charge on any atom is -0.339 e. The third-order valence-corrected chi connectivity index (χ3v) is 5.53. The van der Waals surface area contributed by atoms with Crippen LogP contribution >= 0.6 is 0 Å². The summed E-state index contributed by atoms with van der Waals surface area (Å²) in [5.74, 6) is 1.11. The fraction of sp³-hybridized carbons (Fsp3) is 0.562. The molecule has 1 aromatic heterocycles. The van der Waals surface area contributed by atoms with E-state index in [0.717, 1.165) is 30.8 Å². The van der Waals surface area contributed by atoms with Crippen LogP contribution in [0.1, 0.15) is 18.4 Å². The molecule has 3 amide bonds. The van der Waals surface area contributed by atoms with E-state index in [0.29, 0.717) is 19.0 Å². The van der Waals surface area contributed by atoms with E-state index in [4.69, 9.17) is 0 Å². The molecule has 122 valence electrons. The highest BCUT2D eigenvalue weighted by Gasteiger charge is 2.63. The molecule has 0 N–H and O–H groups in total. The first kappa shape index (κ1) is 14.3. The van der Waals surface area contributed by atoms with Crippen molar-refractivity contribution in [1.82, 2.24) is 19.6 Å². The zero-order valence-electron chi connectivity index (χ0n) is 13.5. The number of hydrogen-bond donors (Lipinski definition) is 0. The maximum absolute atomic E-state index is 12.8. The summed E-state index contributed by atoms with van der Waals surface area (Å²) in [6.07, 6.45) is 5.17. The number of carbonyl (C=O) groups excluding carboxylic acids is 2. The quantitative estimate of drug-likeness (QED) is 0.764. The molecule has 7 nitrogen and oxygen atoms in total. The maximum Gasteiger partial charge on any atom is 0.326 e. The predicted octanol–water partition coefficient (Wildman–Crippen LogP) is 0.969. The van der Waals surface area contributed by atoms with Crippen molar-refractivity contribution < 1.29 is 9.59 Å². The zero-order chi connectivity index (χ0) is 16.4. The van der Waals surface area contributed by atoms with E-state index < -0.39 is 0 Å². The maximum atomic E-state index is 12.8. The summed E-state index contributed by atoms with van der Waals surface area (Å²) in [4.78, 5) is 30.1. The highest BCUT2D eigenvalue weighted by Crippen LogP contribution is 2.55. The monoisotopic (exact) mass is 315 g/mol. The Hall–Kier alpha value is -2.31. The first-order chi connectivity index (χ1) is 11.0. The van der Waals surface area contributed by atoms with Gasteiger partial charge in [-0.1, -0.05) is 6.58 Å². The summed E-state index contributed by atoms with van der Waals surface area (Å²) in [5.41, 5.74) is 0.996. The first-order valence-corrected chi connectivity index (χ1v) is 7.95. The van der Waals surface area contributed by atoms with E-state index in [-0.39, 0.29) is 17.5 Å². The van der Waals surface area contributed by atoms with Gasteiger partial charge in [0.15, 0.2) is 5.82 Å². The van der Waals surface area contributed by atoms with Gasteiger partial charge in [-0.3, -0.25) is 14.4 Å². The van der Waals surface area contributed by atoms with Gasteiger partial charge in [-0.05, 0) is 18.9 Å². The molecule has 0 radical (unpaired) electrons. The van der Waals surface area contributed by atoms with Gasteiger partial charge in [-0.25, -0.2) is 4.79 Å². The Morgan fingerprint density at radius 1 is 1.48 bits per heavy atom.